The molecule has 0 radical (unpaired) electrons. The molecule has 0 fully saturated rings. The van der Waals surface area contributed by atoms with Gasteiger partial charge in [-0.05, 0) is 142 Å². The Morgan fingerprint density at radius 3 is 1.90 bits per heavy atom. The Bertz CT molecular complexity index is 1810. The molecule has 6 rings (SSSR count). The number of aromatic nitrogens is 2. The molecular formula is C36H44N4O2. The van der Waals surface area contributed by atoms with Crippen LogP contribution in [0.1, 0.15) is 100 Å². The lowest BCUT2D eigenvalue weighted by atomic mass is 9.98. The van der Waals surface area contributed by atoms with E-state index in [4.69, 9.17) is 9.98 Å². The molecule has 0 aromatic carbocycles. The first kappa shape index (κ1) is 28.6. The van der Waals surface area contributed by atoms with Crippen LogP contribution < -0.4 is 10.7 Å². The minimum absolute atomic E-state index is 0.00967. The molecule has 4 aliphatic rings. The first-order valence-corrected chi connectivity index (χ1v) is 15.7. The van der Waals surface area contributed by atoms with Gasteiger partial charge in [0.25, 0.3) is 0 Å². The summed E-state index contributed by atoms with van der Waals surface area (Å²) in [4.78, 5) is 10.5. The van der Waals surface area contributed by atoms with Crippen molar-refractivity contribution in [2.24, 2.45) is 9.98 Å². The Kier molecular flexibility index (Phi) is 7.48. The van der Waals surface area contributed by atoms with Crippen LogP contribution >= 0.6 is 0 Å². The highest BCUT2D eigenvalue weighted by molar-refractivity contribution is 6.24. The SMILES string of the molecule is CCC1=C(C)C2=NC1=Cc1c(C)c(CCCO)c3n1C(C)n1c(c(C)c(CC)c1=C2)=CC1=NC(=C3)C(CCCO)=C1C. The van der Waals surface area contributed by atoms with Crippen molar-refractivity contribution in [2.75, 3.05) is 13.2 Å². The second-order valence-corrected chi connectivity index (χ2v) is 12.0. The summed E-state index contributed by atoms with van der Waals surface area (Å²) >= 11 is 0. The summed E-state index contributed by atoms with van der Waals surface area (Å²) in [5, 5.41) is 22.0. The lowest BCUT2D eigenvalue weighted by Crippen LogP contribution is -2.36. The lowest BCUT2D eigenvalue weighted by molar-refractivity contribution is 0.288. The van der Waals surface area contributed by atoms with Crippen LogP contribution in [-0.4, -0.2) is 44.0 Å². The van der Waals surface area contributed by atoms with Gasteiger partial charge in [-0.3, -0.25) is 0 Å². The molecule has 42 heavy (non-hydrogen) atoms. The minimum Gasteiger partial charge on any atom is -0.396 e. The van der Waals surface area contributed by atoms with Gasteiger partial charge in [0.05, 0.1) is 22.8 Å². The van der Waals surface area contributed by atoms with Crippen LogP contribution in [0.5, 0.6) is 0 Å². The molecule has 2 aromatic rings. The van der Waals surface area contributed by atoms with Gasteiger partial charge in [-0.1, -0.05) is 13.8 Å². The number of allylic oxidation sites excluding steroid dienone is 4. The highest BCUT2D eigenvalue weighted by Crippen LogP contribution is 2.38. The van der Waals surface area contributed by atoms with Crippen LogP contribution in [0.2, 0.25) is 0 Å². The van der Waals surface area contributed by atoms with Gasteiger partial charge in [0.15, 0.2) is 0 Å². The normalized spacial score (nSPS) is 18.9. The Hall–Kier alpha value is -3.48. The minimum atomic E-state index is -0.00967. The summed E-state index contributed by atoms with van der Waals surface area (Å²) in [6, 6.07) is 0. The maximum absolute atomic E-state index is 9.88. The van der Waals surface area contributed by atoms with Gasteiger partial charge in [0.1, 0.15) is 6.17 Å². The Morgan fingerprint density at radius 1 is 0.667 bits per heavy atom. The van der Waals surface area contributed by atoms with Crippen molar-refractivity contribution in [1.82, 2.24) is 9.13 Å². The van der Waals surface area contributed by atoms with E-state index in [1.54, 1.807) is 0 Å². The maximum Gasteiger partial charge on any atom is 0.108 e. The van der Waals surface area contributed by atoms with Gasteiger partial charge in [-0.15, -0.1) is 0 Å². The number of aliphatic hydroxyl groups excluding tert-OH is 2. The number of fused-ring (bicyclic) bond motifs is 2. The van der Waals surface area contributed by atoms with Gasteiger partial charge < -0.3 is 19.3 Å². The molecule has 1 atom stereocenters. The van der Waals surface area contributed by atoms with E-state index in [-0.39, 0.29) is 19.4 Å². The summed E-state index contributed by atoms with van der Waals surface area (Å²) < 4.78 is 5.00. The second-order valence-electron chi connectivity index (χ2n) is 12.0. The smallest absolute Gasteiger partial charge is 0.108 e. The molecule has 1 unspecified atom stereocenters. The fraction of sp³-hybridized carbons (Fsp3) is 0.444. The average Bonchev–Trinajstić information content (AvgIpc) is 3.61. The third kappa shape index (κ3) is 4.22. The van der Waals surface area contributed by atoms with Crippen LogP contribution in [0.25, 0.3) is 24.3 Å². The van der Waals surface area contributed by atoms with Crippen molar-refractivity contribution in [2.45, 2.75) is 93.2 Å². The highest BCUT2D eigenvalue weighted by atomic mass is 16.3. The number of hydrogen-bond acceptors (Lipinski definition) is 4. The van der Waals surface area contributed by atoms with Crippen molar-refractivity contribution < 1.29 is 10.2 Å². The number of rotatable bonds is 8. The monoisotopic (exact) mass is 564 g/mol. The van der Waals surface area contributed by atoms with E-state index in [9.17, 15) is 10.2 Å². The molecule has 2 N–H and O–H groups in total. The summed E-state index contributed by atoms with van der Waals surface area (Å²) in [6.45, 7) is 16.0. The zero-order valence-electron chi connectivity index (χ0n) is 26.2. The first-order valence-electron chi connectivity index (χ1n) is 15.7. The summed E-state index contributed by atoms with van der Waals surface area (Å²) in [5.41, 5.74) is 16.5. The van der Waals surface area contributed by atoms with E-state index in [0.29, 0.717) is 12.8 Å². The number of aliphatic imine (C=N–C) groups is 2. The molecule has 6 nitrogen and oxygen atoms in total. The van der Waals surface area contributed by atoms with Crippen LogP contribution in [0.15, 0.2) is 43.7 Å². The Balaban J connectivity index is 1.83. The van der Waals surface area contributed by atoms with Crippen LogP contribution in [0, 0.1) is 13.8 Å². The standard InChI is InChI=1S/C36H44N4O2/c1-8-25-20(3)30-17-35-26(9-2)22(5)33-16-29-21(4)27(12-10-14-41)32(38-29)19-36-28(13-11-15-42)23(6)34(18-31(25)37-30)40(36)24(7)39(33)35/h16-19,24,41-42H,8-15H2,1-7H3. The summed E-state index contributed by atoms with van der Waals surface area (Å²) in [7, 11) is 0. The van der Waals surface area contributed by atoms with Gasteiger partial charge in [0.2, 0.25) is 0 Å². The maximum atomic E-state index is 9.88. The molecule has 0 spiro atoms. The van der Waals surface area contributed by atoms with E-state index in [2.05, 4.69) is 81.9 Å². The Morgan fingerprint density at radius 2 is 1.26 bits per heavy atom. The molecule has 0 saturated carbocycles. The third-order valence-corrected chi connectivity index (χ3v) is 9.82. The fourth-order valence-electron chi connectivity index (χ4n) is 7.52. The molecule has 0 amide bonds. The van der Waals surface area contributed by atoms with Crippen molar-refractivity contribution >= 4 is 35.7 Å². The zero-order chi connectivity index (χ0) is 29.9. The predicted octanol–water partition coefficient (Wildman–Crippen LogP) is 5.46. The predicted molar refractivity (Wildman–Crippen MR) is 174 cm³/mol. The van der Waals surface area contributed by atoms with Gasteiger partial charge in [-0.2, -0.15) is 0 Å². The quantitative estimate of drug-likeness (QED) is 0.447. The second kappa shape index (κ2) is 11.0. The van der Waals surface area contributed by atoms with E-state index in [1.165, 1.54) is 60.9 Å². The van der Waals surface area contributed by atoms with Crippen LogP contribution in [0.3, 0.4) is 0 Å². The summed E-state index contributed by atoms with van der Waals surface area (Å²) in [6.07, 6.45) is 14.0. The van der Waals surface area contributed by atoms with Crippen LogP contribution in [-0.2, 0) is 12.8 Å². The fourth-order valence-corrected chi connectivity index (χ4v) is 7.52. The number of nitrogens with zero attached hydrogens (tertiary/aromatic N) is 4. The van der Waals surface area contributed by atoms with Crippen molar-refractivity contribution in [3.63, 3.8) is 0 Å². The van der Waals surface area contributed by atoms with Crippen molar-refractivity contribution in [3.05, 3.63) is 78.0 Å². The number of hydrogen-bond donors (Lipinski definition) is 2. The van der Waals surface area contributed by atoms with Crippen molar-refractivity contribution in [1.29, 1.82) is 0 Å². The molecule has 220 valence electrons. The van der Waals surface area contributed by atoms with E-state index in [1.807, 2.05) is 0 Å². The topological polar surface area (TPSA) is 75.0 Å². The summed E-state index contributed by atoms with van der Waals surface area (Å²) in [5.74, 6) is 0. The zero-order valence-corrected chi connectivity index (χ0v) is 26.2. The van der Waals surface area contributed by atoms with Crippen LogP contribution in [0.4, 0.5) is 0 Å². The van der Waals surface area contributed by atoms with Gasteiger partial charge in [0, 0.05) is 35.3 Å². The first-order chi connectivity index (χ1) is 20.2. The molecule has 6 heterocycles. The lowest BCUT2D eigenvalue weighted by Gasteiger charge is -2.24. The molecular weight excluding hydrogens is 520 g/mol. The van der Waals surface area contributed by atoms with Crippen molar-refractivity contribution in [3.8, 4) is 0 Å². The molecule has 4 aliphatic heterocycles. The molecule has 0 saturated heterocycles. The Labute approximate surface area is 249 Å². The average molecular weight is 565 g/mol. The van der Waals surface area contributed by atoms with E-state index < -0.39 is 0 Å². The van der Waals surface area contributed by atoms with E-state index in [0.717, 1.165) is 54.2 Å². The number of aliphatic hydroxyl groups is 2. The molecule has 0 aliphatic carbocycles. The molecule has 2 aromatic heterocycles. The van der Waals surface area contributed by atoms with Gasteiger partial charge in [-0.25, -0.2) is 9.98 Å². The molecule has 6 bridgehead atoms. The third-order valence-electron chi connectivity index (χ3n) is 9.82. The van der Waals surface area contributed by atoms with E-state index >= 15 is 0 Å². The largest absolute Gasteiger partial charge is 0.396 e. The highest BCUT2D eigenvalue weighted by Gasteiger charge is 2.30. The van der Waals surface area contributed by atoms with Gasteiger partial charge >= 0.3 is 0 Å². The molecule has 6 heteroatoms.